The van der Waals surface area contributed by atoms with E-state index in [1.807, 2.05) is 0 Å². The van der Waals surface area contributed by atoms with E-state index in [0.29, 0.717) is 0 Å². The largest absolute Gasteiger partial charge is 0.480 e. The molecule has 0 spiro atoms. The van der Waals surface area contributed by atoms with E-state index in [1.165, 1.54) is 12.5 Å². The lowest BCUT2D eigenvalue weighted by molar-refractivity contribution is -0.138. The Kier molecular flexibility index (Phi) is 1.52. The molecule has 0 aliphatic heterocycles. The van der Waals surface area contributed by atoms with Gasteiger partial charge in [-0.2, -0.15) is 0 Å². The highest BCUT2D eigenvalue weighted by Crippen LogP contribution is 1.95. The van der Waals surface area contributed by atoms with E-state index in [0.717, 1.165) is 0 Å². The zero-order valence-corrected chi connectivity index (χ0v) is 5.61. The van der Waals surface area contributed by atoms with E-state index >= 15 is 0 Å². The van der Waals surface area contributed by atoms with E-state index in [9.17, 15) is 4.79 Å². The molecule has 0 aliphatic carbocycles. The Morgan fingerprint density at radius 2 is 2.91 bits per heavy atom. The van der Waals surface area contributed by atoms with Gasteiger partial charge >= 0.3 is 5.97 Å². The summed E-state index contributed by atoms with van der Waals surface area (Å²) in [6, 6.07) is -2.35. The molecule has 0 radical (unpaired) electrons. The summed E-state index contributed by atoms with van der Waals surface area (Å²) in [4.78, 5) is 16.6. The van der Waals surface area contributed by atoms with Gasteiger partial charge in [0, 0.05) is 19.7 Å². The van der Waals surface area contributed by atoms with Crippen molar-refractivity contribution in [1.82, 2.24) is 9.97 Å². The number of H-pyrrole nitrogens is 1. The van der Waals surface area contributed by atoms with Gasteiger partial charge in [-0.15, -0.1) is 0 Å². The van der Waals surface area contributed by atoms with Crippen molar-refractivity contribution < 1.29 is 12.6 Å². The van der Waals surface area contributed by atoms with Crippen LogP contribution >= 0.6 is 0 Å². The fourth-order valence-corrected chi connectivity index (χ4v) is 0.575. The van der Waals surface area contributed by atoms with Crippen LogP contribution in [0.3, 0.4) is 0 Å². The normalized spacial score (nSPS) is 21.2. The van der Waals surface area contributed by atoms with Crippen molar-refractivity contribution in [2.75, 3.05) is 0 Å². The maximum atomic E-state index is 10.5. The van der Waals surface area contributed by atoms with Crippen LogP contribution in [-0.4, -0.2) is 27.1 Å². The van der Waals surface area contributed by atoms with Gasteiger partial charge in [-0.3, -0.25) is 4.79 Å². The quantitative estimate of drug-likeness (QED) is 0.510. The molecule has 0 saturated carbocycles. The number of rotatable bonds is 3. The Labute approximate surface area is 66.1 Å². The van der Waals surface area contributed by atoms with Gasteiger partial charge in [-0.1, -0.05) is 0 Å². The first kappa shape index (κ1) is 5.31. The highest BCUT2D eigenvalue weighted by Gasteiger charge is 2.11. The number of hydrogen-bond acceptors (Lipinski definition) is 3. The number of hydrogen-bond donors (Lipinski definition) is 3. The van der Waals surface area contributed by atoms with Crippen LogP contribution in [0.25, 0.3) is 0 Å². The molecule has 1 aromatic heterocycles. The highest BCUT2D eigenvalue weighted by molar-refractivity contribution is 5.73. The minimum Gasteiger partial charge on any atom is -0.480 e. The minimum absolute atomic E-state index is 0.208. The average molecular weight is 158 g/mol. The molecular formula is C6H9N3O2. The molecule has 1 aromatic rings. The third-order valence-corrected chi connectivity index (χ3v) is 1.08. The predicted octanol–water partition coefficient (Wildman–Crippen LogP) is -0.636. The second-order valence-corrected chi connectivity index (χ2v) is 1.91. The summed E-state index contributed by atoms with van der Waals surface area (Å²) in [6.45, 7) is 0. The summed E-state index contributed by atoms with van der Waals surface area (Å²) in [5.74, 6) is -1.54. The molecular weight excluding hydrogens is 147 g/mol. The van der Waals surface area contributed by atoms with Crippen molar-refractivity contribution in [1.29, 1.82) is 0 Å². The second-order valence-electron chi connectivity index (χ2n) is 1.91. The number of carbonyl (C=O) groups is 1. The van der Waals surface area contributed by atoms with Gasteiger partial charge in [-0.05, 0) is 0 Å². The van der Waals surface area contributed by atoms with Crippen LogP contribution in [0.5, 0.6) is 0 Å². The number of aromatic nitrogens is 2. The molecule has 1 heterocycles. The number of nitrogens with one attached hydrogen (secondary N) is 1. The summed E-state index contributed by atoms with van der Waals surface area (Å²) >= 11 is 0. The highest BCUT2D eigenvalue weighted by atomic mass is 16.5. The zero-order valence-electron chi connectivity index (χ0n) is 7.61. The van der Waals surface area contributed by atoms with Gasteiger partial charge in [0.2, 0.25) is 0 Å². The lowest BCUT2D eigenvalue weighted by atomic mass is 10.2. The van der Waals surface area contributed by atoms with E-state index in [4.69, 9.17) is 13.6 Å². The van der Waals surface area contributed by atoms with E-state index in [2.05, 4.69) is 9.97 Å². The smallest absolute Gasteiger partial charge is 0.320 e. The van der Waals surface area contributed by atoms with Crippen molar-refractivity contribution >= 4 is 5.97 Å². The first-order chi connectivity index (χ1) is 5.96. The number of nitrogens with two attached hydrogens (primary N) is 1. The van der Waals surface area contributed by atoms with Gasteiger partial charge in [0.05, 0.1) is 7.70 Å². The maximum Gasteiger partial charge on any atom is 0.320 e. The number of imidazole rings is 1. The van der Waals surface area contributed by atoms with Gasteiger partial charge in [0.1, 0.15) is 6.02 Å². The van der Waals surface area contributed by atoms with Crippen molar-refractivity contribution in [2.45, 2.75) is 12.4 Å². The van der Waals surface area contributed by atoms with E-state index in [1.54, 1.807) is 0 Å². The number of carboxylic acid groups (broad SMARTS) is 1. The van der Waals surface area contributed by atoms with E-state index in [-0.39, 0.29) is 5.69 Å². The lowest BCUT2D eigenvalue weighted by Gasteiger charge is -2.02. The molecule has 0 aliphatic rings. The molecule has 0 unspecified atom stereocenters. The average Bonchev–Trinajstić information content (AvgIpc) is 2.54. The summed E-state index contributed by atoms with van der Waals surface area (Å²) in [6.07, 6.45) is 1.19. The van der Waals surface area contributed by atoms with Crippen LogP contribution in [-0.2, 0) is 11.2 Å². The van der Waals surface area contributed by atoms with Crippen LogP contribution in [0, 0.1) is 0 Å². The molecule has 2 atom stereocenters. The number of carboxylic acids is 1. The predicted molar refractivity (Wildman–Crippen MR) is 37.9 cm³/mol. The molecule has 0 amide bonds. The van der Waals surface area contributed by atoms with Crippen molar-refractivity contribution in [3.05, 3.63) is 18.2 Å². The molecule has 0 fully saturated rings. The van der Waals surface area contributed by atoms with Crippen molar-refractivity contribution in [3.8, 4) is 0 Å². The van der Waals surface area contributed by atoms with Gasteiger partial charge in [-0.25, -0.2) is 4.98 Å². The summed E-state index contributed by atoms with van der Waals surface area (Å²) in [7, 11) is 0. The van der Waals surface area contributed by atoms with Crippen LogP contribution < -0.4 is 5.73 Å². The number of nitrogens with zero attached hydrogens (tertiary/aromatic N) is 1. The molecule has 0 saturated heterocycles. The fourth-order valence-electron chi connectivity index (χ4n) is 0.575. The summed E-state index contributed by atoms with van der Waals surface area (Å²) in [5, 5.41) is 8.54. The third-order valence-electron chi connectivity index (χ3n) is 1.08. The topological polar surface area (TPSA) is 92.0 Å². The molecule has 60 valence electrons. The van der Waals surface area contributed by atoms with Crippen LogP contribution in [0.2, 0.25) is 0 Å². The Morgan fingerprint density at radius 1 is 2.18 bits per heavy atom. The van der Waals surface area contributed by atoms with Crippen LogP contribution in [0.15, 0.2) is 12.5 Å². The zero-order chi connectivity index (χ0) is 10.1. The molecule has 4 N–H and O–H groups in total. The number of aliphatic carboxylic acids is 1. The molecule has 0 bridgehead atoms. The van der Waals surface area contributed by atoms with Gasteiger partial charge in [0.25, 0.3) is 0 Å². The van der Waals surface area contributed by atoms with E-state index < -0.39 is 18.4 Å². The monoisotopic (exact) mass is 158 g/mol. The van der Waals surface area contributed by atoms with Gasteiger partial charge < -0.3 is 15.8 Å². The molecule has 0 aromatic carbocycles. The lowest BCUT2D eigenvalue weighted by Crippen LogP contribution is -2.32. The van der Waals surface area contributed by atoms with Crippen LogP contribution in [0.1, 0.15) is 8.44 Å². The first-order valence-corrected chi connectivity index (χ1v) is 2.89. The first-order valence-electron chi connectivity index (χ1n) is 3.96. The SMILES string of the molecule is [2H][C@@H](c1cnc[nH]1)[C@]([2H])(N)[13C](=O)O. The molecule has 1 rings (SSSR count). The fraction of sp³-hybridized carbons (Fsp3) is 0.333. The molecule has 5 heteroatoms. The third kappa shape index (κ3) is 2.05. The summed E-state index contributed by atoms with van der Waals surface area (Å²) < 4.78 is 14.6. The second kappa shape index (κ2) is 3.16. The summed E-state index contributed by atoms with van der Waals surface area (Å²) in [5.41, 5.74) is 5.33. The molecule has 5 nitrogen and oxygen atoms in total. The standard InChI is InChI=1S/C6H9N3O2/c7-5(6(10)11)1-4-2-8-3-9-4/h2-3,5H,1,7H2,(H,8,9)(H,10,11)/t5-/m0/s1/i1D,5D,6+1/t1-,5-. The Bertz CT molecular complexity index is 299. The Morgan fingerprint density at radius 3 is 3.36 bits per heavy atom. The minimum atomic E-state index is -2.35. The van der Waals surface area contributed by atoms with Crippen LogP contribution in [0.4, 0.5) is 0 Å². The number of aromatic amines is 1. The van der Waals surface area contributed by atoms with Gasteiger partial charge in [0.15, 0.2) is 0 Å². The maximum absolute atomic E-state index is 10.5. The molecule has 11 heavy (non-hydrogen) atoms. The van der Waals surface area contributed by atoms with Crippen molar-refractivity contribution in [3.63, 3.8) is 0 Å². The Balaban J connectivity index is 2.90. The van der Waals surface area contributed by atoms with Crippen molar-refractivity contribution in [2.24, 2.45) is 5.73 Å². The Hall–Kier alpha value is -1.36.